The second kappa shape index (κ2) is 5.65. The van der Waals surface area contributed by atoms with Gasteiger partial charge in [-0.3, -0.25) is 0 Å². The third kappa shape index (κ3) is 4.13. The van der Waals surface area contributed by atoms with Crippen LogP contribution >= 0.6 is 0 Å². The zero-order valence-corrected chi connectivity index (χ0v) is 12.0. The lowest BCUT2D eigenvalue weighted by Crippen LogP contribution is -2.42. The third-order valence-corrected chi connectivity index (χ3v) is 3.26. The van der Waals surface area contributed by atoms with E-state index in [0.717, 1.165) is 13.1 Å². The molecular formula is C13H26N4. The average Bonchev–Trinajstić information content (AvgIpc) is 2.61. The fourth-order valence-electron chi connectivity index (χ4n) is 1.50. The minimum atomic E-state index is 0.132. The maximum atomic E-state index is 4.25. The molecular weight excluding hydrogens is 212 g/mol. The van der Waals surface area contributed by atoms with Crippen LogP contribution in [0.1, 0.15) is 33.4 Å². The van der Waals surface area contributed by atoms with Gasteiger partial charge in [-0.05, 0) is 27.9 Å². The summed E-state index contributed by atoms with van der Waals surface area (Å²) in [5, 5.41) is 3.43. The summed E-state index contributed by atoms with van der Waals surface area (Å²) in [4.78, 5) is 6.49. The van der Waals surface area contributed by atoms with Crippen molar-refractivity contribution < 1.29 is 0 Å². The molecule has 0 aromatic carbocycles. The van der Waals surface area contributed by atoms with Gasteiger partial charge in [-0.15, -0.1) is 0 Å². The molecule has 1 rings (SSSR count). The van der Waals surface area contributed by atoms with Crippen LogP contribution in [0.2, 0.25) is 0 Å². The first kappa shape index (κ1) is 14.2. The summed E-state index contributed by atoms with van der Waals surface area (Å²) < 4.78 is 2.23. The number of aromatic nitrogens is 2. The normalized spacial score (nSPS) is 12.7. The molecule has 1 aromatic rings. The first-order valence-corrected chi connectivity index (χ1v) is 6.23. The maximum absolute atomic E-state index is 4.25. The molecule has 1 N–H and O–H groups in total. The topological polar surface area (TPSA) is 33.1 Å². The van der Waals surface area contributed by atoms with E-state index in [1.54, 1.807) is 0 Å². The van der Waals surface area contributed by atoms with Crippen molar-refractivity contribution in [2.75, 3.05) is 14.1 Å². The van der Waals surface area contributed by atoms with Gasteiger partial charge < -0.3 is 14.8 Å². The van der Waals surface area contributed by atoms with E-state index in [9.17, 15) is 0 Å². The summed E-state index contributed by atoms with van der Waals surface area (Å²) in [7, 11) is 4.23. The predicted molar refractivity (Wildman–Crippen MR) is 72.0 cm³/mol. The van der Waals surface area contributed by atoms with Crippen molar-refractivity contribution in [3.8, 4) is 0 Å². The van der Waals surface area contributed by atoms with E-state index in [1.165, 1.54) is 5.69 Å². The van der Waals surface area contributed by atoms with Crippen molar-refractivity contribution >= 4 is 0 Å². The van der Waals surface area contributed by atoms with E-state index in [2.05, 4.69) is 61.6 Å². The fourth-order valence-corrected chi connectivity index (χ4v) is 1.50. The van der Waals surface area contributed by atoms with Crippen molar-refractivity contribution in [2.24, 2.45) is 0 Å². The van der Waals surface area contributed by atoms with E-state index < -0.39 is 0 Å². The first-order chi connectivity index (χ1) is 7.83. The van der Waals surface area contributed by atoms with E-state index in [4.69, 9.17) is 0 Å². The van der Waals surface area contributed by atoms with Gasteiger partial charge in [0.05, 0.1) is 12.0 Å². The first-order valence-electron chi connectivity index (χ1n) is 6.23. The fraction of sp³-hybridized carbons (Fsp3) is 0.769. The van der Waals surface area contributed by atoms with Crippen molar-refractivity contribution in [1.29, 1.82) is 0 Å². The van der Waals surface area contributed by atoms with E-state index in [-0.39, 0.29) is 5.54 Å². The van der Waals surface area contributed by atoms with E-state index in [1.807, 2.05) is 12.5 Å². The number of nitrogens with zero attached hydrogens (tertiary/aromatic N) is 3. The quantitative estimate of drug-likeness (QED) is 0.819. The van der Waals surface area contributed by atoms with Crippen LogP contribution in [0.25, 0.3) is 0 Å². The number of nitrogens with one attached hydrogen (secondary N) is 1. The van der Waals surface area contributed by atoms with Gasteiger partial charge in [0, 0.05) is 30.9 Å². The molecule has 1 heterocycles. The van der Waals surface area contributed by atoms with Crippen molar-refractivity contribution in [2.45, 2.75) is 52.4 Å². The highest BCUT2D eigenvalue weighted by molar-refractivity contribution is 5.00. The molecule has 0 spiro atoms. The highest BCUT2D eigenvalue weighted by Crippen LogP contribution is 2.14. The molecule has 0 atom stereocenters. The van der Waals surface area contributed by atoms with Crippen LogP contribution in [0.15, 0.2) is 12.5 Å². The Labute approximate surface area is 105 Å². The summed E-state index contributed by atoms with van der Waals surface area (Å²) in [5.74, 6) is 0. The van der Waals surface area contributed by atoms with Gasteiger partial charge in [-0.25, -0.2) is 4.98 Å². The number of likely N-dealkylation sites (N-methyl/N-ethyl adjacent to an activating group) is 1. The standard InChI is InChI=1S/C13H26N4/c1-11(2)15-8-12-7-14-10-17(12)9-13(3,4)16(5)6/h7,10-11,15H,8-9H2,1-6H3. The van der Waals surface area contributed by atoms with Gasteiger partial charge >= 0.3 is 0 Å². The molecule has 0 radical (unpaired) electrons. The van der Waals surface area contributed by atoms with Gasteiger partial charge in [0.25, 0.3) is 0 Å². The van der Waals surface area contributed by atoms with Crippen LogP contribution in [0.3, 0.4) is 0 Å². The van der Waals surface area contributed by atoms with E-state index in [0.29, 0.717) is 6.04 Å². The Balaban J connectivity index is 2.69. The van der Waals surface area contributed by atoms with Gasteiger partial charge in [0.15, 0.2) is 0 Å². The molecule has 0 unspecified atom stereocenters. The van der Waals surface area contributed by atoms with Crippen molar-refractivity contribution in [3.05, 3.63) is 18.2 Å². The Morgan fingerprint density at radius 3 is 2.59 bits per heavy atom. The molecule has 1 aromatic heterocycles. The maximum Gasteiger partial charge on any atom is 0.0949 e. The molecule has 0 aliphatic rings. The Hall–Kier alpha value is -0.870. The second-order valence-corrected chi connectivity index (χ2v) is 5.76. The molecule has 0 aliphatic heterocycles. The average molecular weight is 238 g/mol. The number of rotatable bonds is 6. The van der Waals surface area contributed by atoms with Crippen LogP contribution in [0.4, 0.5) is 0 Å². The smallest absolute Gasteiger partial charge is 0.0949 e. The molecule has 0 amide bonds. The molecule has 4 heteroatoms. The highest BCUT2D eigenvalue weighted by atomic mass is 15.2. The van der Waals surface area contributed by atoms with Crippen LogP contribution in [0.5, 0.6) is 0 Å². The Morgan fingerprint density at radius 1 is 1.41 bits per heavy atom. The lowest BCUT2D eigenvalue weighted by Gasteiger charge is -2.33. The molecule has 0 bridgehead atoms. The van der Waals surface area contributed by atoms with Crippen LogP contribution in [-0.4, -0.2) is 40.1 Å². The van der Waals surface area contributed by atoms with Crippen LogP contribution in [-0.2, 0) is 13.1 Å². The Bertz CT molecular complexity index is 339. The molecule has 17 heavy (non-hydrogen) atoms. The van der Waals surface area contributed by atoms with Gasteiger partial charge in [0.2, 0.25) is 0 Å². The molecule has 0 saturated heterocycles. The molecule has 0 saturated carbocycles. The molecule has 0 aliphatic carbocycles. The summed E-state index contributed by atoms with van der Waals surface area (Å²) in [6.45, 7) is 10.6. The monoisotopic (exact) mass is 238 g/mol. The Morgan fingerprint density at radius 2 is 2.06 bits per heavy atom. The Kier molecular flexibility index (Phi) is 4.71. The van der Waals surface area contributed by atoms with Crippen LogP contribution in [0, 0.1) is 0 Å². The minimum Gasteiger partial charge on any atom is -0.332 e. The SMILES string of the molecule is CC(C)NCc1cncn1CC(C)(C)N(C)C. The molecule has 4 nitrogen and oxygen atoms in total. The third-order valence-electron chi connectivity index (χ3n) is 3.26. The molecule has 0 fully saturated rings. The van der Waals surface area contributed by atoms with E-state index >= 15 is 0 Å². The van der Waals surface area contributed by atoms with Gasteiger partial charge in [-0.2, -0.15) is 0 Å². The van der Waals surface area contributed by atoms with Crippen molar-refractivity contribution in [3.63, 3.8) is 0 Å². The zero-order chi connectivity index (χ0) is 13.1. The van der Waals surface area contributed by atoms with Gasteiger partial charge in [-0.1, -0.05) is 13.8 Å². The van der Waals surface area contributed by atoms with Gasteiger partial charge in [0.1, 0.15) is 0 Å². The number of hydrogen-bond acceptors (Lipinski definition) is 3. The largest absolute Gasteiger partial charge is 0.332 e. The number of imidazole rings is 1. The predicted octanol–water partition coefficient (Wildman–Crippen LogP) is 1.72. The minimum absolute atomic E-state index is 0.132. The zero-order valence-electron chi connectivity index (χ0n) is 12.0. The van der Waals surface area contributed by atoms with Crippen molar-refractivity contribution in [1.82, 2.24) is 19.8 Å². The highest BCUT2D eigenvalue weighted by Gasteiger charge is 2.21. The summed E-state index contributed by atoms with van der Waals surface area (Å²) in [5.41, 5.74) is 1.38. The summed E-state index contributed by atoms with van der Waals surface area (Å²) in [6, 6.07) is 0.500. The summed E-state index contributed by atoms with van der Waals surface area (Å²) >= 11 is 0. The lowest BCUT2D eigenvalue weighted by molar-refractivity contribution is 0.168. The number of hydrogen-bond donors (Lipinski definition) is 1. The summed E-state index contributed by atoms with van der Waals surface area (Å²) in [6.07, 6.45) is 3.86. The van der Waals surface area contributed by atoms with Crippen LogP contribution < -0.4 is 5.32 Å². The lowest BCUT2D eigenvalue weighted by atomic mass is 10.0. The molecule has 98 valence electrons. The second-order valence-electron chi connectivity index (χ2n) is 5.76.